The van der Waals surface area contributed by atoms with Crippen LogP contribution in [0.2, 0.25) is 0 Å². The Labute approximate surface area is 143 Å². The maximum absolute atomic E-state index is 11.7. The van der Waals surface area contributed by atoms with E-state index in [9.17, 15) is 4.79 Å². The molecule has 0 heterocycles. The normalized spacial score (nSPS) is 32.1. The quantitative estimate of drug-likeness (QED) is 0.421. The Bertz CT molecular complexity index is 358. The lowest BCUT2D eigenvalue weighted by Crippen LogP contribution is -2.29. The molecule has 0 unspecified atom stereocenters. The van der Waals surface area contributed by atoms with Crippen LogP contribution < -0.4 is 0 Å². The van der Waals surface area contributed by atoms with Gasteiger partial charge in [0.05, 0.1) is 0 Å². The highest BCUT2D eigenvalue weighted by Crippen LogP contribution is 2.41. The van der Waals surface area contributed by atoms with Gasteiger partial charge in [0.1, 0.15) is 6.10 Å². The van der Waals surface area contributed by atoms with Gasteiger partial charge in [-0.1, -0.05) is 52.0 Å². The highest BCUT2D eigenvalue weighted by atomic mass is 16.5. The standard InChI is InChI=1S/C21H36O2/c1-3-5-7-17-9-11-18(12-10-17)19-13-15-20(16-14-19)23-21(22)8-6-4-2/h6,8,17-20H,3-5,7,9-16H2,1-2H3/b8-6+. The maximum Gasteiger partial charge on any atom is 0.330 e. The van der Waals surface area contributed by atoms with Crippen molar-refractivity contribution in [2.24, 2.45) is 17.8 Å². The van der Waals surface area contributed by atoms with Crippen molar-refractivity contribution in [2.75, 3.05) is 0 Å². The summed E-state index contributed by atoms with van der Waals surface area (Å²) in [4.78, 5) is 11.7. The molecule has 0 aromatic heterocycles. The minimum absolute atomic E-state index is 0.147. The van der Waals surface area contributed by atoms with Crippen LogP contribution in [0.3, 0.4) is 0 Å². The first-order valence-electron chi connectivity index (χ1n) is 10.1. The summed E-state index contributed by atoms with van der Waals surface area (Å²) in [6.07, 6.45) is 19.2. The van der Waals surface area contributed by atoms with Crippen molar-refractivity contribution in [3.8, 4) is 0 Å². The average molecular weight is 321 g/mol. The van der Waals surface area contributed by atoms with Crippen LogP contribution in [0.5, 0.6) is 0 Å². The lowest BCUT2D eigenvalue weighted by Gasteiger charge is -2.37. The van der Waals surface area contributed by atoms with E-state index in [1.54, 1.807) is 6.08 Å². The largest absolute Gasteiger partial charge is 0.459 e. The van der Waals surface area contributed by atoms with Crippen molar-refractivity contribution >= 4 is 5.97 Å². The van der Waals surface area contributed by atoms with Gasteiger partial charge < -0.3 is 4.74 Å². The number of rotatable bonds is 7. The van der Waals surface area contributed by atoms with E-state index in [2.05, 4.69) is 6.92 Å². The number of carbonyl (C=O) groups is 1. The Morgan fingerprint density at radius 3 is 2.13 bits per heavy atom. The molecule has 2 aliphatic carbocycles. The highest BCUT2D eigenvalue weighted by molar-refractivity contribution is 5.82. The van der Waals surface area contributed by atoms with Crippen molar-refractivity contribution in [3.05, 3.63) is 12.2 Å². The van der Waals surface area contributed by atoms with Gasteiger partial charge >= 0.3 is 5.97 Å². The minimum atomic E-state index is -0.147. The zero-order valence-corrected chi connectivity index (χ0v) is 15.3. The monoisotopic (exact) mass is 320 g/mol. The molecular formula is C21H36O2. The first-order chi connectivity index (χ1) is 11.2. The van der Waals surface area contributed by atoms with Gasteiger partial charge in [-0.2, -0.15) is 0 Å². The summed E-state index contributed by atoms with van der Waals surface area (Å²) in [5.41, 5.74) is 0. The van der Waals surface area contributed by atoms with E-state index in [0.717, 1.165) is 37.0 Å². The average Bonchev–Trinajstić information content (AvgIpc) is 2.59. The molecule has 0 N–H and O–H groups in total. The summed E-state index contributed by atoms with van der Waals surface area (Å²) in [5.74, 6) is 2.70. The van der Waals surface area contributed by atoms with Crippen molar-refractivity contribution in [1.29, 1.82) is 0 Å². The number of ether oxygens (including phenoxy) is 1. The number of esters is 1. The first kappa shape index (κ1) is 18.5. The van der Waals surface area contributed by atoms with Gasteiger partial charge in [-0.05, 0) is 62.7 Å². The Kier molecular flexibility index (Phi) is 8.19. The molecule has 0 saturated heterocycles. The molecule has 0 bridgehead atoms. The molecule has 0 amide bonds. The Morgan fingerprint density at radius 1 is 0.957 bits per heavy atom. The maximum atomic E-state index is 11.7. The zero-order valence-electron chi connectivity index (χ0n) is 15.3. The Balaban J connectivity index is 1.65. The second-order valence-corrected chi connectivity index (χ2v) is 7.71. The SMILES string of the molecule is CC/C=C/C(=O)OC1CCC(C2CCC(CCCC)CC2)CC1. The molecule has 132 valence electrons. The summed E-state index contributed by atoms with van der Waals surface area (Å²) in [7, 11) is 0. The third-order valence-electron chi connectivity index (χ3n) is 6.02. The number of unbranched alkanes of at least 4 members (excludes halogenated alkanes) is 1. The van der Waals surface area contributed by atoms with E-state index in [1.807, 2.05) is 13.0 Å². The van der Waals surface area contributed by atoms with Crippen LogP contribution in [0.1, 0.15) is 90.9 Å². The summed E-state index contributed by atoms with van der Waals surface area (Å²) in [6.45, 7) is 4.33. The first-order valence-corrected chi connectivity index (χ1v) is 10.1. The van der Waals surface area contributed by atoms with Crippen molar-refractivity contribution < 1.29 is 9.53 Å². The Morgan fingerprint density at radius 2 is 1.57 bits per heavy atom. The molecule has 2 nitrogen and oxygen atoms in total. The van der Waals surface area contributed by atoms with Crippen molar-refractivity contribution in [2.45, 2.75) is 97.0 Å². The van der Waals surface area contributed by atoms with E-state index in [0.29, 0.717) is 0 Å². The van der Waals surface area contributed by atoms with Crippen molar-refractivity contribution in [3.63, 3.8) is 0 Å². The lowest BCUT2D eigenvalue weighted by molar-refractivity contribution is -0.145. The highest BCUT2D eigenvalue weighted by Gasteiger charge is 2.31. The van der Waals surface area contributed by atoms with Crippen LogP contribution in [0.25, 0.3) is 0 Å². The molecule has 23 heavy (non-hydrogen) atoms. The second kappa shape index (κ2) is 10.2. The summed E-state index contributed by atoms with van der Waals surface area (Å²) < 4.78 is 5.56. The predicted molar refractivity (Wildman–Crippen MR) is 96.2 cm³/mol. The fourth-order valence-electron chi connectivity index (χ4n) is 4.54. The second-order valence-electron chi connectivity index (χ2n) is 7.71. The molecular weight excluding hydrogens is 284 g/mol. The van der Waals surface area contributed by atoms with Gasteiger partial charge in [0, 0.05) is 6.08 Å². The predicted octanol–water partition coefficient (Wildman–Crippen LogP) is 6.05. The van der Waals surface area contributed by atoms with Crippen molar-refractivity contribution in [1.82, 2.24) is 0 Å². The van der Waals surface area contributed by atoms with Gasteiger partial charge in [-0.3, -0.25) is 0 Å². The van der Waals surface area contributed by atoms with E-state index in [-0.39, 0.29) is 12.1 Å². The molecule has 0 spiro atoms. The van der Waals surface area contributed by atoms with E-state index >= 15 is 0 Å². The number of hydrogen-bond acceptors (Lipinski definition) is 2. The number of allylic oxidation sites excluding steroid dienone is 1. The van der Waals surface area contributed by atoms with Crippen LogP contribution in [-0.2, 0) is 9.53 Å². The summed E-state index contributed by atoms with van der Waals surface area (Å²) in [5, 5.41) is 0. The molecule has 2 rings (SSSR count). The number of hydrogen-bond donors (Lipinski definition) is 0. The molecule has 0 radical (unpaired) electrons. The topological polar surface area (TPSA) is 26.3 Å². The third kappa shape index (κ3) is 6.31. The van der Waals surface area contributed by atoms with Gasteiger partial charge in [0.15, 0.2) is 0 Å². The molecule has 2 aliphatic rings. The molecule has 2 saturated carbocycles. The molecule has 0 atom stereocenters. The Hall–Kier alpha value is -0.790. The van der Waals surface area contributed by atoms with Crippen LogP contribution in [0.15, 0.2) is 12.2 Å². The molecule has 0 aromatic carbocycles. The number of carbonyl (C=O) groups excluding carboxylic acids is 1. The van der Waals surface area contributed by atoms with E-state index in [4.69, 9.17) is 4.74 Å². The fourth-order valence-corrected chi connectivity index (χ4v) is 4.54. The summed E-state index contributed by atoms with van der Waals surface area (Å²) in [6, 6.07) is 0. The van der Waals surface area contributed by atoms with E-state index < -0.39 is 0 Å². The molecule has 0 aliphatic heterocycles. The fraction of sp³-hybridized carbons (Fsp3) is 0.857. The smallest absolute Gasteiger partial charge is 0.330 e. The van der Waals surface area contributed by atoms with E-state index in [1.165, 1.54) is 57.8 Å². The zero-order chi connectivity index (χ0) is 16.5. The van der Waals surface area contributed by atoms with Gasteiger partial charge in [-0.25, -0.2) is 4.79 Å². The summed E-state index contributed by atoms with van der Waals surface area (Å²) >= 11 is 0. The molecule has 2 heteroatoms. The molecule has 0 aromatic rings. The minimum Gasteiger partial charge on any atom is -0.459 e. The van der Waals surface area contributed by atoms with Gasteiger partial charge in [0.25, 0.3) is 0 Å². The van der Waals surface area contributed by atoms with Crippen LogP contribution in [0.4, 0.5) is 0 Å². The van der Waals surface area contributed by atoms with Crippen LogP contribution in [-0.4, -0.2) is 12.1 Å². The third-order valence-corrected chi connectivity index (χ3v) is 6.02. The van der Waals surface area contributed by atoms with Gasteiger partial charge in [0.2, 0.25) is 0 Å². The van der Waals surface area contributed by atoms with Crippen LogP contribution in [0, 0.1) is 17.8 Å². The van der Waals surface area contributed by atoms with Gasteiger partial charge in [-0.15, -0.1) is 0 Å². The lowest BCUT2D eigenvalue weighted by atomic mass is 9.70. The van der Waals surface area contributed by atoms with Crippen LogP contribution >= 0.6 is 0 Å². The molecule has 2 fully saturated rings.